The van der Waals surface area contributed by atoms with Gasteiger partial charge in [-0.3, -0.25) is 0 Å². The van der Waals surface area contributed by atoms with Gasteiger partial charge in [0.2, 0.25) is 0 Å². The van der Waals surface area contributed by atoms with Gasteiger partial charge in [-0.1, -0.05) is 19.9 Å². The highest BCUT2D eigenvalue weighted by molar-refractivity contribution is 5.49. The van der Waals surface area contributed by atoms with Gasteiger partial charge in [0.25, 0.3) is 0 Å². The topological polar surface area (TPSA) is 42.5 Å². The Hall–Kier alpha value is -2.36. The van der Waals surface area contributed by atoms with Crippen LogP contribution < -0.4 is 20.1 Å². The quantitative estimate of drug-likeness (QED) is 0.562. The van der Waals surface area contributed by atoms with E-state index in [-0.39, 0.29) is 0 Å². The predicted octanol–water partition coefficient (Wildman–Crippen LogP) is 5.03. The van der Waals surface area contributed by atoms with Crippen molar-refractivity contribution in [3.63, 3.8) is 0 Å². The van der Waals surface area contributed by atoms with Gasteiger partial charge in [0, 0.05) is 30.5 Å². The van der Waals surface area contributed by atoms with E-state index >= 15 is 0 Å². The SMILES string of the molecule is CCOc1ccc(NCCNc2cccc(OCCC(C)C)c2)cc1. The van der Waals surface area contributed by atoms with E-state index in [2.05, 4.69) is 36.6 Å². The van der Waals surface area contributed by atoms with Crippen molar-refractivity contribution in [2.75, 3.05) is 36.9 Å². The van der Waals surface area contributed by atoms with E-state index in [1.807, 2.05) is 43.3 Å². The molecule has 0 spiro atoms. The Bertz CT molecular complexity index is 612. The van der Waals surface area contributed by atoms with Crippen molar-refractivity contribution < 1.29 is 9.47 Å². The fourth-order valence-corrected chi connectivity index (χ4v) is 2.36. The van der Waals surface area contributed by atoms with E-state index in [1.165, 1.54) is 0 Å². The Morgan fingerprint density at radius 3 is 2.24 bits per heavy atom. The molecule has 0 amide bonds. The molecule has 0 aliphatic heterocycles. The number of rotatable bonds is 11. The molecule has 0 aromatic heterocycles. The molecule has 4 heteroatoms. The summed E-state index contributed by atoms with van der Waals surface area (Å²) in [5.74, 6) is 2.49. The first-order valence-electron chi connectivity index (χ1n) is 9.11. The van der Waals surface area contributed by atoms with Crippen LogP contribution in [0.25, 0.3) is 0 Å². The summed E-state index contributed by atoms with van der Waals surface area (Å²) in [6.45, 7) is 9.53. The summed E-state index contributed by atoms with van der Waals surface area (Å²) in [5, 5.41) is 6.82. The van der Waals surface area contributed by atoms with E-state index in [9.17, 15) is 0 Å². The number of ether oxygens (including phenoxy) is 2. The van der Waals surface area contributed by atoms with E-state index in [1.54, 1.807) is 0 Å². The standard InChI is InChI=1S/C21H30N2O2/c1-4-24-20-10-8-18(9-11-20)22-13-14-23-19-6-5-7-21(16-19)25-15-12-17(2)3/h5-11,16-17,22-23H,4,12-15H2,1-3H3. The monoisotopic (exact) mass is 342 g/mol. The molecule has 0 aliphatic carbocycles. The second-order valence-electron chi connectivity index (χ2n) is 6.37. The molecule has 0 unspecified atom stereocenters. The Morgan fingerprint density at radius 2 is 1.56 bits per heavy atom. The summed E-state index contributed by atoms with van der Waals surface area (Å²) < 4.78 is 11.2. The average Bonchev–Trinajstić information content (AvgIpc) is 2.60. The van der Waals surface area contributed by atoms with Crippen molar-refractivity contribution in [3.05, 3.63) is 48.5 Å². The van der Waals surface area contributed by atoms with Crippen LogP contribution in [0.5, 0.6) is 11.5 Å². The minimum absolute atomic E-state index is 0.662. The molecule has 0 aliphatic rings. The van der Waals surface area contributed by atoms with Crippen LogP contribution in [0.2, 0.25) is 0 Å². The number of nitrogens with one attached hydrogen (secondary N) is 2. The van der Waals surface area contributed by atoms with Gasteiger partial charge in [-0.05, 0) is 55.7 Å². The van der Waals surface area contributed by atoms with Crippen LogP contribution in [-0.2, 0) is 0 Å². The van der Waals surface area contributed by atoms with Crippen LogP contribution in [0.1, 0.15) is 27.2 Å². The molecule has 2 N–H and O–H groups in total. The summed E-state index contributed by atoms with van der Waals surface area (Å²) in [5.41, 5.74) is 2.17. The summed E-state index contributed by atoms with van der Waals surface area (Å²) >= 11 is 0. The van der Waals surface area contributed by atoms with Gasteiger partial charge in [0.1, 0.15) is 11.5 Å². The van der Waals surface area contributed by atoms with Gasteiger partial charge in [-0.25, -0.2) is 0 Å². The van der Waals surface area contributed by atoms with Crippen molar-refractivity contribution in [1.82, 2.24) is 0 Å². The highest BCUT2D eigenvalue weighted by Gasteiger charge is 1.99. The molecule has 0 bridgehead atoms. The zero-order valence-electron chi connectivity index (χ0n) is 15.5. The molecule has 0 heterocycles. The molecule has 4 nitrogen and oxygen atoms in total. The Balaban J connectivity index is 1.70. The highest BCUT2D eigenvalue weighted by Crippen LogP contribution is 2.18. The first kappa shape index (κ1) is 19.0. The minimum atomic E-state index is 0.662. The summed E-state index contributed by atoms with van der Waals surface area (Å²) in [6.07, 6.45) is 1.07. The van der Waals surface area contributed by atoms with Crippen molar-refractivity contribution in [2.45, 2.75) is 27.2 Å². The van der Waals surface area contributed by atoms with Crippen LogP contribution in [0, 0.1) is 5.92 Å². The predicted molar refractivity (Wildman–Crippen MR) is 106 cm³/mol. The third kappa shape index (κ3) is 7.38. The molecule has 0 radical (unpaired) electrons. The summed E-state index contributed by atoms with van der Waals surface area (Å²) in [4.78, 5) is 0. The molecular formula is C21H30N2O2. The van der Waals surface area contributed by atoms with Gasteiger partial charge >= 0.3 is 0 Å². The molecule has 136 valence electrons. The van der Waals surface area contributed by atoms with Crippen molar-refractivity contribution in [2.24, 2.45) is 5.92 Å². The fraction of sp³-hybridized carbons (Fsp3) is 0.429. The first-order chi connectivity index (χ1) is 12.2. The molecular weight excluding hydrogens is 312 g/mol. The van der Waals surface area contributed by atoms with E-state index in [0.29, 0.717) is 12.5 Å². The third-order valence-electron chi connectivity index (χ3n) is 3.75. The lowest BCUT2D eigenvalue weighted by Gasteiger charge is -2.12. The Labute approximate surface area is 151 Å². The number of benzene rings is 2. The summed E-state index contributed by atoms with van der Waals surface area (Å²) in [6, 6.07) is 16.2. The average molecular weight is 342 g/mol. The van der Waals surface area contributed by atoms with Gasteiger partial charge in [0.15, 0.2) is 0 Å². The Kier molecular flexibility index (Phi) is 7.96. The third-order valence-corrected chi connectivity index (χ3v) is 3.75. The molecule has 0 saturated heterocycles. The molecule has 0 saturated carbocycles. The summed E-state index contributed by atoms with van der Waals surface area (Å²) in [7, 11) is 0. The Morgan fingerprint density at radius 1 is 0.840 bits per heavy atom. The smallest absolute Gasteiger partial charge is 0.121 e. The van der Waals surface area contributed by atoms with Gasteiger partial charge in [0.05, 0.1) is 13.2 Å². The fourth-order valence-electron chi connectivity index (χ4n) is 2.36. The normalized spacial score (nSPS) is 10.6. The second kappa shape index (κ2) is 10.5. The zero-order chi connectivity index (χ0) is 17.9. The molecule has 0 fully saturated rings. The number of anilines is 2. The highest BCUT2D eigenvalue weighted by atomic mass is 16.5. The van der Waals surface area contributed by atoms with Crippen LogP contribution in [0.15, 0.2) is 48.5 Å². The van der Waals surface area contributed by atoms with Crippen LogP contribution in [0.4, 0.5) is 11.4 Å². The van der Waals surface area contributed by atoms with Crippen molar-refractivity contribution in [3.8, 4) is 11.5 Å². The van der Waals surface area contributed by atoms with Crippen LogP contribution in [-0.4, -0.2) is 26.3 Å². The van der Waals surface area contributed by atoms with Crippen molar-refractivity contribution in [1.29, 1.82) is 0 Å². The lowest BCUT2D eigenvalue weighted by atomic mass is 10.1. The number of hydrogen-bond acceptors (Lipinski definition) is 4. The maximum Gasteiger partial charge on any atom is 0.121 e. The van der Waals surface area contributed by atoms with Gasteiger partial charge in [-0.15, -0.1) is 0 Å². The first-order valence-corrected chi connectivity index (χ1v) is 9.11. The number of hydrogen-bond donors (Lipinski definition) is 2. The maximum absolute atomic E-state index is 5.80. The van der Waals surface area contributed by atoms with Crippen LogP contribution in [0.3, 0.4) is 0 Å². The zero-order valence-corrected chi connectivity index (χ0v) is 15.5. The molecule has 0 atom stereocenters. The lowest BCUT2D eigenvalue weighted by molar-refractivity contribution is 0.289. The van der Waals surface area contributed by atoms with E-state index in [4.69, 9.17) is 9.47 Å². The largest absolute Gasteiger partial charge is 0.494 e. The molecule has 2 aromatic carbocycles. The van der Waals surface area contributed by atoms with Crippen molar-refractivity contribution >= 4 is 11.4 Å². The minimum Gasteiger partial charge on any atom is -0.494 e. The van der Waals surface area contributed by atoms with Crippen LogP contribution >= 0.6 is 0 Å². The molecule has 2 aromatic rings. The van der Waals surface area contributed by atoms with E-state index in [0.717, 1.165) is 49.0 Å². The van der Waals surface area contributed by atoms with Gasteiger partial charge in [-0.2, -0.15) is 0 Å². The lowest BCUT2D eigenvalue weighted by Crippen LogP contribution is -2.13. The maximum atomic E-state index is 5.80. The van der Waals surface area contributed by atoms with Gasteiger partial charge < -0.3 is 20.1 Å². The molecule has 25 heavy (non-hydrogen) atoms. The molecule has 2 rings (SSSR count). The van der Waals surface area contributed by atoms with E-state index < -0.39 is 0 Å². The second-order valence-corrected chi connectivity index (χ2v) is 6.37.